The van der Waals surface area contributed by atoms with Gasteiger partial charge in [0.05, 0.1) is 12.8 Å². The topological polar surface area (TPSA) is 26.2 Å². The third-order valence-electron chi connectivity index (χ3n) is 5.05. The Bertz CT molecular complexity index is 654. The Morgan fingerprint density at radius 3 is 2.61 bits per heavy atom. The van der Waals surface area contributed by atoms with E-state index in [2.05, 4.69) is 41.9 Å². The molecule has 3 nitrogen and oxygen atoms in total. The summed E-state index contributed by atoms with van der Waals surface area (Å²) in [6.45, 7) is 5.33. The number of rotatable bonds is 5. The standard InChI is InChI=1S/C20H28N2O/c1-15-13-17(14-21-18-9-5-4-6-10-18)16(2)22(15)19-11-7-8-12-20(19)23-3/h7-8,11-13,18,21H,4-6,9-10,14H2,1-3H3. The summed E-state index contributed by atoms with van der Waals surface area (Å²) in [7, 11) is 1.73. The lowest BCUT2D eigenvalue weighted by Crippen LogP contribution is -2.30. The number of aryl methyl sites for hydroxylation is 1. The molecule has 0 radical (unpaired) electrons. The quantitative estimate of drug-likeness (QED) is 0.878. The van der Waals surface area contributed by atoms with E-state index in [1.165, 1.54) is 49.1 Å². The highest BCUT2D eigenvalue weighted by molar-refractivity contribution is 5.50. The van der Waals surface area contributed by atoms with Gasteiger partial charge in [0, 0.05) is 24.0 Å². The first-order valence-electron chi connectivity index (χ1n) is 8.75. The molecule has 1 aromatic carbocycles. The van der Waals surface area contributed by atoms with Gasteiger partial charge in [-0.2, -0.15) is 0 Å². The van der Waals surface area contributed by atoms with E-state index in [-0.39, 0.29) is 0 Å². The van der Waals surface area contributed by atoms with E-state index in [9.17, 15) is 0 Å². The maximum Gasteiger partial charge on any atom is 0.142 e. The zero-order valence-electron chi connectivity index (χ0n) is 14.6. The molecule has 124 valence electrons. The molecule has 1 heterocycles. The summed E-state index contributed by atoms with van der Waals surface area (Å²) in [5.41, 5.74) is 5.07. The average molecular weight is 312 g/mol. The number of methoxy groups -OCH3 is 1. The predicted octanol–water partition coefficient (Wildman–Crippen LogP) is 4.53. The minimum absolute atomic E-state index is 0.693. The molecule has 1 aliphatic carbocycles. The molecule has 0 saturated heterocycles. The second-order valence-electron chi connectivity index (χ2n) is 6.62. The van der Waals surface area contributed by atoms with Crippen molar-refractivity contribution < 1.29 is 4.74 Å². The van der Waals surface area contributed by atoms with Gasteiger partial charge in [-0.25, -0.2) is 0 Å². The molecular weight excluding hydrogens is 284 g/mol. The molecule has 0 atom stereocenters. The van der Waals surface area contributed by atoms with Gasteiger partial charge in [-0.1, -0.05) is 31.4 Å². The lowest BCUT2D eigenvalue weighted by Gasteiger charge is -2.23. The van der Waals surface area contributed by atoms with E-state index < -0.39 is 0 Å². The highest BCUT2D eigenvalue weighted by atomic mass is 16.5. The van der Waals surface area contributed by atoms with Gasteiger partial charge in [-0.05, 0) is 50.5 Å². The Morgan fingerprint density at radius 1 is 1.13 bits per heavy atom. The highest BCUT2D eigenvalue weighted by Gasteiger charge is 2.16. The molecule has 0 unspecified atom stereocenters. The molecule has 23 heavy (non-hydrogen) atoms. The molecule has 0 amide bonds. The summed E-state index contributed by atoms with van der Waals surface area (Å²) in [5.74, 6) is 0.918. The maximum absolute atomic E-state index is 5.54. The number of ether oxygens (including phenoxy) is 1. The van der Waals surface area contributed by atoms with Gasteiger partial charge in [-0.3, -0.25) is 0 Å². The zero-order chi connectivity index (χ0) is 16.2. The Hall–Kier alpha value is -1.74. The fourth-order valence-electron chi connectivity index (χ4n) is 3.75. The largest absolute Gasteiger partial charge is 0.495 e. The summed E-state index contributed by atoms with van der Waals surface area (Å²) in [6.07, 6.45) is 6.80. The van der Waals surface area contributed by atoms with Crippen molar-refractivity contribution in [3.05, 3.63) is 47.3 Å². The summed E-state index contributed by atoms with van der Waals surface area (Å²) >= 11 is 0. The van der Waals surface area contributed by atoms with Gasteiger partial charge in [0.2, 0.25) is 0 Å². The number of aromatic nitrogens is 1. The van der Waals surface area contributed by atoms with Crippen molar-refractivity contribution in [2.45, 2.75) is 58.5 Å². The first-order valence-corrected chi connectivity index (χ1v) is 8.75. The van der Waals surface area contributed by atoms with Crippen molar-refractivity contribution in [1.29, 1.82) is 0 Å². The molecule has 2 aromatic rings. The second kappa shape index (κ2) is 7.22. The van der Waals surface area contributed by atoms with Crippen LogP contribution in [0.25, 0.3) is 5.69 Å². The fourth-order valence-corrected chi connectivity index (χ4v) is 3.75. The molecular formula is C20H28N2O. The van der Waals surface area contributed by atoms with Gasteiger partial charge in [0.15, 0.2) is 0 Å². The fraction of sp³-hybridized carbons (Fsp3) is 0.500. The van der Waals surface area contributed by atoms with Crippen LogP contribution in [0.15, 0.2) is 30.3 Å². The van der Waals surface area contributed by atoms with Crippen molar-refractivity contribution in [3.63, 3.8) is 0 Å². The second-order valence-corrected chi connectivity index (χ2v) is 6.62. The van der Waals surface area contributed by atoms with E-state index in [1.54, 1.807) is 7.11 Å². The summed E-state index contributed by atoms with van der Waals surface area (Å²) in [4.78, 5) is 0. The maximum atomic E-state index is 5.54. The molecule has 3 heteroatoms. The van der Waals surface area contributed by atoms with Crippen LogP contribution in [0.1, 0.15) is 49.1 Å². The molecule has 1 saturated carbocycles. The summed E-state index contributed by atoms with van der Waals surface area (Å²) in [5, 5.41) is 3.75. The van der Waals surface area contributed by atoms with Crippen LogP contribution < -0.4 is 10.1 Å². The highest BCUT2D eigenvalue weighted by Crippen LogP contribution is 2.28. The van der Waals surface area contributed by atoms with Gasteiger partial charge >= 0.3 is 0 Å². The number of para-hydroxylation sites is 2. The van der Waals surface area contributed by atoms with E-state index in [1.807, 2.05) is 12.1 Å². The number of benzene rings is 1. The van der Waals surface area contributed by atoms with E-state index in [0.29, 0.717) is 6.04 Å². The lowest BCUT2D eigenvalue weighted by molar-refractivity contribution is 0.372. The molecule has 1 aliphatic rings. The van der Waals surface area contributed by atoms with Gasteiger partial charge < -0.3 is 14.6 Å². The van der Waals surface area contributed by atoms with Crippen molar-refractivity contribution >= 4 is 0 Å². The van der Waals surface area contributed by atoms with Gasteiger partial charge in [-0.15, -0.1) is 0 Å². The first kappa shape index (κ1) is 16.1. The van der Waals surface area contributed by atoms with Crippen LogP contribution >= 0.6 is 0 Å². The minimum atomic E-state index is 0.693. The SMILES string of the molecule is COc1ccccc1-n1c(C)cc(CNC2CCCCC2)c1C. The predicted molar refractivity (Wildman–Crippen MR) is 95.5 cm³/mol. The molecule has 1 aromatic heterocycles. The van der Waals surface area contributed by atoms with Gasteiger partial charge in [0.1, 0.15) is 5.75 Å². The molecule has 1 N–H and O–H groups in total. The Balaban J connectivity index is 1.81. The van der Waals surface area contributed by atoms with Crippen molar-refractivity contribution in [2.24, 2.45) is 0 Å². The normalized spacial score (nSPS) is 15.8. The van der Waals surface area contributed by atoms with E-state index >= 15 is 0 Å². The number of nitrogens with one attached hydrogen (secondary N) is 1. The molecule has 3 rings (SSSR count). The van der Waals surface area contributed by atoms with Crippen molar-refractivity contribution in [2.75, 3.05) is 7.11 Å². The third-order valence-corrected chi connectivity index (χ3v) is 5.05. The molecule has 0 bridgehead atoms. The number of hydrogen-bond donors (Lipinski definition) is 1. The monoisotopic (exact) mass is 312 g/mol. The Labute approximate surface area is 139 Å². The van der Waals surface area contributed by atoms with Crippen LogP contribution in [-0.4, -0.2) is 17.7 Å². The zero-order valence-corrected chi connectivity index (χ0v) is 14.6. The van der Waals surface area contributed by atoms with Gasteiger partial charge in [0.25, 0.3) is 0 Å². The first-order chi connectivity index (χ1) is 11.2. The number of hydrogen-bond acceptors (Lipinski definition) is 2. The summed E-state index contributed by atoms with van der Waals surface area (Å²) < 4.78 is 7.84. The smallest absolute Gasteiger partial charge is 0.142 e. The van der Waals surface area contributed by atoms with Crippen molar-refractivity contribution in [1.82, 2.24) is 9.88 Å². The Kier molecular flexibility index (Phi) is 5.06. The molecule has 0 spiro atoms. The summed E-state index contributed by atoms with van der Waals surface area (Å²) in [6, 6.07) is 11.2. The average Bonchev–Trinajstić information content (AvgIpc) is 2.87. The van der Waals surface area contributed by atoms with E-state index in [4.69, 9.17) is 4.74 Å². The minimum Gasteiger partial charge on any atom is -0.495 e. The van der Waals surface area contributed by atoms with Crippen LogP contribution in [0, 0.1) is 13.8 Å². The van der Waals surface area contributed by atoms with Crippen LogP contribution in [0.3, 0.4) is 0 Å². The van der Waals surface area contributed by atoms with Crippen LogP contribution in [0.4, 0.5) is 0 Å². The number of nitrogens with zero attached hydrogens (tertiary/aromatic N) is 1. The van der Waals surface area contributed by atoms with Crippen LogP contribution in [-0.2, 0) is 6.54 Å². The Morgan fingerprint density at radius 2 is 1.87 bits per heavy atom. The lowest BCUT2D eigenvalue weighted by atomic mass is 9.95. The molecule has 0 aliphatic heterocycles. The third kappa shape index (κ3) is 3.45. The van der Waals surface area contributed by atoms with E-state index in [0.717, 1.165) is 18.0 Å². The van der Waals surface area contributed by atoms with Crippen LogP contribution in [0.2, 0.25) is 0 Å². The van der Waals surface area contributed by atoms with Crippen LogP contribution in [0.5, 0.6) is 5.75 Å². The van der Waals surface area contributed by atoms with Crippen molar-refractivity contribution in [3.8, 4) is 11.4 Å². The molecule has 1 fully saturated rings.